The molecule has 4 nitrogen and oxygen atoms in total. The third-order valence-electron chi connectivity index (χ3n) is 2.07. The lowest BCUT2D eigenvalue weighted by Crippen LogP contribution is -2.19. The molecule has 106 valence electrons. The fourth-order valence-corrected chi connectivity index (χ4v) is 1.81. The van der Waals surface area contributed by atoms with Crippen molar-refractivity contribution in [1.82, 2.24) is 0 Å². The number of nitrogen functional groups attached to an aromatic ring is 1. The van der Waals surface area contributed by atoms with Gasteiger partial charge in [-0.25, -0.2) is 0 Å². The molecule has 1 aromatic rings. The first-order valence-electron chi connectivity index (χ1n) is 5.22. The predicted octanol–water partition coefficient (Wildman–Crippen LogP) is 3.04. The fraction of sp³-hybridized carbons (Fsp3) is 0.364. The summed E-state index contributed by atoms with van der Waals surface area (Å²) in [6, 6.07) is 2.67. The number of benzene rings is 1. The van der Waals surface area contributed by atoms with Gasteiger partial charge in [-0.2, -0.15) is 0 Å². The molecule has 0 heterocycles. The zero-order chi connectivity index (χ0) is 14.6. The van der Waals surface area contributed by atoms with Crippen LogP contribution in [0.25, 0.3) is 0 Å². The molecule has 0 amide bonds. The molecule has 1 aromatic carbocycles. The van der Waals surface area contributed by atoms with Crippen molar-refractivity contribution in [2.24, 2.45) is 0 Å². The number of carbonyl (C=O) groups is 1. The first-order chi connectivity index (χ1) is 8.74. The molecule has 0 aliphatic heterocycles. The second kappa shape index (κ2) is 6.14. The summed E-state index contributed by atoms with van der Waals surface area (Å²) in [5.41, 5.74) is 5.60. The Morgan fingerprint density at radius 2 is 2.05 bits per heavy atom. The van der Waals surface area contributed by atoms with E-state index in [-0.39, 0.29) is 28.8 Å². The molecule has 0 saturated carbocycles. The Balaban J connectivity index is 3.09. The van der Waals surface area contributed by atoms with E-state index in [2.05, 4.69) is 25.4 Å². The number of rotatable bonds is 4. The monoisotopic (exact) mass is 341 g/mol. The average Bonchev–Trinajstić information content (AvgIpc) is 2.27. The molecule has 2 N–H and O–H groups in total. The second-order valence-corrected chi connectivity index (χ2v) is 4.28. The van der Waals surface area contributed by atoms with Crippen LogP contribution in [0, 0.1) is 0 Å². The Morgan fingerprint density at radius 3 is 2.58 bits per heavy atom. The van der Waals surface area contributed by atoms with Crippen LogP contribution in [0.2, 0.25) is 0 Å². The van der Waals surface area contributed by atoms with Crippen LogP contribution >= 0.6 is 15.9 Å². The number of esters is 1. The van der Waals surface area contributed by atoms with E-state index in [1.165, 1.54) is 12.1 Å². The van der Waals surface area contributed by atoms with Gasteiger partial charge < -0.3 is 15.2 Å². The van der Waals surface area contributed by atoms with Crippen LogP contribution in [0.5, 0.6) is 5.75 Å². The van der Waals surface area contributed by atoms with Crippen LogP contribution in [0.15, 0.2) is 16.6 Å². The predicted molar refractivity (Wildman–Crippen MR) is 65.6 cm³/mol. The molecule has 0 atom stereocenters. The molecule has 0 radical (unpaired) electrons. The van der Waals surface area contributed by atoms with Gasteiger partial charge in [0.15, 0.2) is 0 Å². The molecule has 0 fully saturated rings. The van der Waals surface area contributed by atoms with E-state index in [1.807, 2.05) is 0 Å². The van der Waals surface area contributed by atoms with Gasteiger partial charge in [-0.05, 0) is 28.9 Å². The number of hydrogen-bond donors (Lipinski definition) is 1. The molecule has 0 aliphatic rings. The highest BCUT2D eigenvalue weighted by Gasteiger charge is 2.33. The molecule has 0 saturated heterocycles. The Bertz CT molecular complexity index is 477. The number of hydrogen-bond acceptors (Lipinski definition) is 4. The topological polar surface area (TPSA) is 61.5 Å². The molecule has 0 aliphatic carbocycles. The summed E-state index contributed by atoms with van der Waals surface area (Å²) in [5.74, 6) is -1.17. The van der Waals surface area contributed by atoms with E-state index in [0.29, 0.717) is 0 Å². The fourth-order valence-electron chi connectivity index (χ4n) is 1.34. The Hall–Kier alpha value is -1.44. The maximum Gasteiger partial charge on any atom is 0.573 e. The quantitative estimate of drug-likeness (QED) is 0.675. The van der Waals surface area contributed by atoms with Gasteiger partial charge in [0.25, 0.3) is 0 Å². The van der Waals surface area contributed by atoms with Crippen LogP contribution in [0.4, 0.5) is 18.9 Å². The first-order valence-corrected chi connectivity index (χ1v) is 6.02. The van der Waals surface area contributed by atoms with E-state index in [1.54, 1.807) is 6.92 Å². The Kier molecular flexibility index (Phi) is 5.04. The number of ether oxygens (including phenoxy) is 2. The number of alkyl halides is 3. The van der Waals surface area contributed by atoms with Crippen molar-refractivity contribution in [3.05, 3.63) is 22.2 Å². The van der Waals surface area contributed by atoms with Gasteiger partial charge in [-0.1, -0.05) is 6.07 Å². The Morgan fingerprint density at radius 1 is 1.42 bits per heavy atom. The minimum Gasteiger partial charge on any atom is -0.466 e. The summed E-state index contributed by atoms with van der Waals surface area (Å²) < 4.78 is 45.5. The average molecular weight is 342 g/mol. The molecule has 0 bridgehead atoms. The van der Waals surface area contributed by atoms with Crippen LogP contribution in [0.3, 0.4) is 0 Å². The van der Waals surface area contributed by atoms with Gasteiger partial charge in [-0.3, -0.25) is 4.79 Å². The van der Waals surface area contributed by atoms with Crippen molar-refractivity contribution in [3.8, 4) is 5.75 Å². The zero-order valence-electron chi connectivity index (χ0n) is 9.88. The third kappa shape index (κ3) is 4.62. The minimum absolute atomic E-state index is 0.0388. The van der Waals surface area contributed by atoms with Gasteiger partial charge in [0, 0.05) is 11.3 Å². The largest absolute Gasteiger partial charge is 0.573 e. The number of halogens is 4. The summed E-state index contributed by atoms with van der Waals surface area (Å²) in [6.45, 7) is 1.74. The molecule has 19 heavy (non-hydrogen) atoms. The summed E-state index contributed by atoms with van der Waals surface area (Å²) in [5, 5.41) is 0. The smallest absolute Gasteiger partial charge is 0.466 e. The van der Waals surface area contributed by atoms with Crippen LogP contribution in [0.1, 0.15) is 12.5 Å². The highest BCUT2D eigenvalue weighted by Crippen LogP contribution is 2.37. The molecule has 8 heteroatoms. The van der Waals surface area contributed by atoms with Crippen LogP contribution in [-0.2, 0) is 16.0 Å². The lowest BCUT2D eigenvalue weighted by atomic mass is 10.1. The summed E-state index contributed by atoms with van der Waals surface area (Å²) in [4.78, 5) is 11.3. The summed E-state index contributed by atoms with van der Waals surface area (Å²) >= 11 is 2.91. The standard InChI is InChI=1S/C11H11BrF3NO3/c1-2-18-8(17)5-6-3-4-7(16)9(12)10(6)19-11(13,14)15/h3-4H,2,5,16H2,1H3. The molecule has 0 aromatic heterocycles. The van der Waals surface area contributed by atoms with Crippen molar-refractivity contribution in [1.29, 1.82) is 0 Å². The van der Waals surface area contributed by atoms with Crippen LogP contribution < -0.4 is 10.5 Å². The van der Waals surface area contributed by atoms with E-state index in [4.69, 9.17) is 5.73 Å². The lowest BCUT2D eigenvalue weighted by molar-refractivity contribution is -0.275. The van der Waals surface area contributed by atoms with E-state index in [0.717, 1.165) is 0 Å². The van der Waals surface area contributed by atoms with E-state index in [9.17, 15) is 18.0 Å². The number of carbonyl (C=O) groups excluding carboxylic acids is 1. The highest BCUT2D eigenvalue weighted by atomic mass is 79.9. The summed E-state index contributed by atoms with van der Waals surface area (Å²) in [6.07, 6.45) is -5.21. The second-order valence-electron chi connectivity index (χ2n) is 3.49. The lowest BCUT2D eigenvalue weighted by Gasteiger charge is -2.15. The number of anilines is 1. The SMILES string of the molecule is CCOC(=O)Cc1ccc(N)c(Br)c1OC(F)(F)F. The summed E-state index contributed by atoms with van der Waals surface area (Å²) in [7, 11) is 0. The molecule has 0 spiro atoms. The van der Waals surface area contributed by atoms with Gasteiger partial charge in [0.1, 0.15) is 5.75 Å². The van der Waals surface area contributed by atoms with E-state index < -0.39 is 18.1 Å². The van der Waals surface area contributed by atoms with Crippen molar-refractivity contribution < 1.29 is 27.4 Å². The van der Waals surface area contributed by atoms with Gasteiger partial charge >= 0.3 is 12.3 Å². The minimum atomic E-state index is -4.88. The van der Waals surface area contributed by atoms with Gasteiger partial charge in [0.05, 0.1) is 17.5 Å². The van der Waals surface area contributed by atoms with Crippen molar-refractivity contribution >= 4 is 27.6 Å². The first kappa shape index (κ1) is 15.6. The molecular weight excluding hydrogens is 331 g/mol. The maximum absolute atomic E-state index is 12.3. The zero-order valence-corrected chi connectivity index (χ0v) is 11.5. The van der Waals surface area contributed by atoms with Crippen molar-refractivity contribution in [2.45, 2.75) is 19.7 Å². The molecule has 0 unspecified atom stereocenters. The van der Waals surface area contributed by atoms with Gasteiger partial charge in [0.2, 0.25) is 0 Å². The maximum atomic E-state index is 12.3. The van der Waals surface area contributed by atoms with Crippen molar-refractivity contribution in [2.75, 3.05) is 12.3 Å². The number of nitrogens with two attached hydrogens (primary N) is 1. The molecular formula is C11H11BrF3NO3. The van der Waals surface area contributed by atoms with Gasteiger partial charge in [-0.15, -0.1) is 13.2 Å². The third-order valence-corrected chi connectivity index (χ3v) is 2.88. The molecule has 1 rings (SSSR count). The normalized spacial score (nSPS) is 11.2. The van der Waals surface area contributed by atoms with E-state index >= 15 is 0 Å². The highest BCUT2D eigenvalue weighted by molar-refractivity contribution is 9.10. The van der Waals surface area contributed by atoms with Crippen molar-refractivity contribution in [3.63, 3.8) is 0 Å². The Labute approximate surface area is 115 Å². The van der Waals surface area contributed by atoms with Crippen LogP contribution in [-0.4, -0.2) is 18.9 Å².